The molecule has 0 unspecified atom stereocenters. The number of amides is 2. The number of anilines is 2. The van der Waals surface area contributed by atoms with Crippen LogP contribution in [0, 0.1) is 5.92 Å². The summed E-state index contributed by atoms with van der Waals surface area (Å²) < 4.78 is 0. The van der Waals surface area contributed by atoms with Crippen molar-refractivity contribution in [1.29, 1.82) is 0 Å². The molecule has 5 nitrogen and oxygen atoms in total. The summed E-state index contributed by atoms with van der Waals surface area (Å²) in [5.41, 5.74) is 1.96. The zero-order valence-electron chi connectivity index (χ0n) is 13.4. The molecule has 0 spiro atoms. The highest BCUT2D eigenvalue weighted by Crippen LogP contribution is 2.19. The maximum atomic E-state index is 12.3. The van der Waals surface area contributed by atoms with E-state index in [4.69, 9.17) is 0 Å². The lowest BCUT2D eigenvalue weighted by Crippen LogP contribution is -2.34. The highest BCUT2D eigenvalue weighted by molar-refractivity contribution is 6.04. The Morgan fingerprint density at radius 1 is 0.875 bits per heavy atom. The number of hydrogen-bond donors (Lipinski definition) is 3. The summed E-state index contributed by atoms with van der Waals surface area (Å²) in [4.78, 5) is 24.5. The van der Waals surface area contributed by atoms with Crippen molar-refractivity contribution in [3.8, 4) is 0 Å². The zero-order chi connectivity index (χ0) is 16.8. The molecule has 1 aliphatic heterocycles. The van der Waals surface area contributed by atoms with Crippen molar-refractivity contribution in [2.24, 2.45) is 5.92 Å². The third-order valence-electron chi connectivity index (χ3n) is 4.13. The third kappa shape index (κ3) is 4.20. The Morgan fingerprint density at radius 3 is 2.25 bits per heavy atom. The van der Waals surface area contributed by atoms with Crippen molar-refractivity contribution in [1.82, 2.24) is 5.32 Å². The quantitative estimate of drug-likeness (QED) is 0.810. The molecule has 0 saturated carbocycles. The topological polar surface area (TPSA) is 70.2 Å². The Kier molecular flexibility index (Phi) is 5.23. The highest BCUT2D eigenvalue weighted by Gasteiger charge is 2.20. The molecule has 124 valence electrons. The van der Waals surface area contributed by atoms with Crippen LogP contribution in [0.1, 0.15) is 23.2 Å². The Balaban J connectivity index is 1.63. The molecule has 24 heavy (non-hydrogen) atoms. The van der Waals surface area contributed by atoms with Gasteiger partial charge >= 0.3 is 0 Å². The second-order valence-electron chi connectivity index (χ2n) is 5.91. The number of rotatable bonds is 4. The number of piperidine rings is 1. The van der Waals surface area contributed by atoms with Crippen LogP contribution in [0.5, 0.6) is 0 Å². The van der Waals surface area contributed by atoms with Gasteiger partial charge in [0.05, 0.1) is 0 Å². The molecule has 2 amide bonds. The Hall–Kier alpha value is -2.66. The number of carbonyl (C=O) groups excluding carboxylic acids is 2. The van der Waals surface area contributed by atoms with Gasteiger partial charge in [-0.2, -0.15) is 0 Å². The monoisotopic (exact) mass is 323 g/mol. The first-order valence-electron chi connectivity index (χ1n) is 8.20. The molecule has 0 atom stereocenters. The van der Waals surface area contributed by atoms with Crippen molar-refractivity contribution >= 4 is 23.2 Å². The van der Waals surface area contributed by atoms with Gasteiger partial charge in [0, 0.05) is 22.9 Å². The van der Waals surface area contributed by atoms with E-state index in [0.717, 1.165) is 25.9 Å². The second-order valence-corrected chi connectivity index (χ2v) is 5.91. The smallest absolute Gasteiger partial charge is 0.255 e. The molecule has 5 heteroatoms. The van der Waals surface area contributed by atoms with Gasteiger partial charge in [-0.25, -0.2) is 0 Å². The zero-order valence-corrected chi connectivity index (χ0v) is 13.4. The molecular weight excluding hydrogens is 302 g/mol. The van der Waals surface area contributed by atoms with Gasteiger partial charge in [0.15, 0.2) is 0 Å². The molecule has 3 N–H and O–H groups in total. The predicted octanol–water partition coefficient (Wildman–Crippen LogP) is 2.88. The summed E-state index contributed by atoms with van der Waals surface area (Å²) in [7, 11) is 0. The van der Waals surface area contributed by atoms with E-state index in [1.165, 1.54) is 0 Å². The highest BCUT2D eigenvalue weighted by atomic mass is 16.2. The van der Waals surface area contributed by atoms with Crippen molar-refractivity contribution in [2.45, 2.75) is 12.8 Å². The fraction of sp³-hybridized carbons (Fsp3) is 0.263. The molecule has 2 aromatic rings. The van der Waals surface area contributed by atoms with Gasteiger partial charge in [0.2, 0.25) is 5.91 Å². The minimum atomic E-state index is -0.169. The molecule has 0 bridgehead atoms. The second kappa shape index (κ2) is 7.75. The van der Waals surface area contributed by atoms with Crippen molar-refractivity contribution in [3.63, 3.8) is 0 Å². The molecule has 0 aliphatic carbocycles. The lowest BCUT2D eigenvalue weighted by Gasteiger charge is -2.21. The van der Waals surface area contributed by atoms with E-state index in [1.54, 1.807) is 24.3 Å². The van der Waals surface area contributed by atoms with Crippen LogP contribution in [-0.2, 0) is 4.79 Å². The Labute approximate surface area is 141 Å². The Morgan fingerprint density at radius 2 is 1.54 bits per heavy atom. The minimum Gasteiger partial charge on any atom is -0.326 e. The van der Waals surface area contributed by atoms with Crippen LogP contribution in [0.15, 0.2) is 54.6 Å². The molecule has 0 radical (unpaired) electrons. The summed E-state index contributed by atoms with van der Waals surface area (Å²) in [5, 5.41) is 9.05. The molecule has 3 rings (SSSR count). The van der Waals surface area contributed by atoms with Crippen molar-refractivity contribution < 1.29 is 9.59 Å². The van der Waals surface area contributed by atoms with Crippen LogP contribution in [0.25, 0.3) is 0 Å². The fourth-order valence-corrected chi connectivity index (χ4v) is 2.80. The van der Waals surface area contributed by atoms with Gasteiger partial charge in [-0.15, -0.1) is 0 Å². The Bertz CT molecular complexity index is 710. The number of nitrogens with one attached hydrogen (secondary N) is 3. The fourth-order valence-electron chi connectivity index (χ4n) is 2.80. The van der Waals surface area contributed by atoms with Crippen molar-refractivity contribution in [3.05, 3.63) is 60.2 Å². The summed E-state index contributed by atoms with van der Waals surface area (Å²) >= 11 is 0. The molecule has 1 heterocycles. The number of carbonyl (C=O) groups is 2. The van der Waals surface area contributed by atoms with Crippen LogP contribution in [-0.4, -0.2) is 24.9 Å². The van der Waals surface area contributed by atoms with Gasteiger partial charge in [0.25, 0.3) is 5.91 Å². The largest absolute Gasteiger partial charge is 0.326 e. The summed E-state index contributed by atoms with van der Waals surface area (Å²) in [5.74, 6) is -0.0747. The lowest BCUT2D eigenvalue weighted by molar-refractivity contribution is -0.120. The molecule has 0 aromatic heterocycles. The van der Waals surface area contributed by atoms with Gasteiger partial charge in [-0.1, -0.05) is 24.3 Å². The minimum absolute atomic E-state index is 0.0445. The van der Waals surface area contributed by atoms with Gasteiger partial charge in [-0.05, 0) is 56.3 Å². The van der Waals surface area contributed by atoms with E-state index in [9.17, 15) is 9.59 Å². The maximum absolute atomic E-state index is 12.3. The van der Waals surface area contributed by atoms with Gasteiger partial charge in [-0.3, -0.25) is 9.59 Å². The third-order valence-corrected chi connectivity index (χ3v) is 4.13. The first-order valence-corrected chi connectivity index (χ1v) is 8.20. The molecule has 1 saturated heterocycles. The summed E-state index contributed by atoms with van der Waals surface area (Å²) in [6, 6.07) is 16.3. The van der Waals surface area contributed by atoms with Crippen LogP contribution in [0.4, 0.5) is 11.4 Å². The van der Waals surface area contributed by atoms with Crippen molar-refractivity contribution in [2.75, 3.05) is 23.7 Å². The predicted molar refractivity (Wildman–Crippen MR) is 95.1 cm³/mol. The van der Waals surface area contributed by atoms with Crippen LogP contribution >= 0.6 is 0 Å². The number of hydrogen-bond acceptors (Lipinski definition) is 3. The normalized spacial score (nSPS) is 14.8. The maximum Gasteiger partial charge on any atom is 0.255 e. The van der Waals surface area contributed by atoms with Crippen LogP contribution in [0.3, 0.4) is 0 Å². The van der Waals surface area contributed by atoms with Gasteiger partial charge in [0.1, 0.15) is 0 Å². The van der Waals surface area contributed by atoms with E-state index in [2.05, 4.69) is 16.0 Å². The first kappa shape index (κ1) is 16.2. The van der Waals surface area contributed by atoms with Gasteiger partial charge < -0.3 is 16.0 Å². The molecule has 1 fully saturated rings. The lowest BCUT2D eigenvalue weighted by atomic mass is 9.97. The molecule has 1 aliphatic rings. The standard InChI is InChI=1S/C19H21N3O2/c23-18(14-5-2-1-3-6-14)21-16-7-4-8-17(13-16)22-19(24)15-9-11-20-12-10-15/h1-8,13,15,20H,9-12H2,(H,21,23)(H,22,24). The SMILES string of the molecule is O=C(Nc1cccc(NC(=O)C2CCNCC2)c1)c1ccccc1. The van der Waals surface area contributed by atoms with Crippen LogP contribution < -0.4 is 16.0 Å². The number of benzene rings is 2. The summed E-state index contributed by atoms with van der Waals surface area (Å²) in [6.45, 7) is 1.76. The van der Waals surface area contributed by atoms with E-state index >= 15 is 0 Å². The van der Waals surface area contributed by atoms with E-state index in [-0.39, 0.29) is 17.7 Å². The van der Waals surface area contributed by atoms with E-state index in [0.29, 0.717) is 16.9 Å². The summed E-state index contributed by atoms with van der Waals surface area (Å²) in [6.07, 6.45) is 1.71. The average Bonchev–Trinajstić information content (AvgIpc) is 2.63. The first-order chi connectivity index (χ1) is 11.7. The molecular formula is C19H21N3O2. The molecule has 2 aromatic carbocycles. The van der Waals surface area contributed by atoms with E-state index in [1.807, 2.05) is 30.3 Å². The van der Waals surface area contributed by atoms with E-state index < -0.39 is 0 Å². The average molecular weight is 323 g/mol. The van der Waals surface area contributed by atoms with Crippen LogP contribution in [0.2, 0.25) is 0 Å².